The molecule has 0 fully saturated rings. The van der Waals surface area contributed by atoms with Gasteiger partial charge in [-0.3, -0.25) is 6.08 Å². The van der Waals surface area contributed by atoms with Crippen molar-refractivity contribution in [1.29, 1.82) is 0 Å². The summed E-state index contributed by atoms with van der Waals surface area (Å²) < 4.78 is 0. The normalized spacial score (nSPS) is 11.9. The van der Waals surface area contributed by atoms with E-state index in [1.807, 2.05) is 0 Å². The van der Waals surface area contributed by atoms with E-state index in [1.54, 1.807) is 41.5 Å². The largest absolute Gasteiger partial charge is 4.00 e. The molecule has 0 bridgehead atoms. The van der Waals surface area contributed by atoms with Crippen molar-refractivity contribution in [1.82, 2.24) is 14.7 Å². The molecule has 9 nitrogen and oxygen atoms in total. The molecule has 0 saturated heterocycles. The van der Waals surface area contributed by atoms with Crippen LogP contribution in [0.15, 0.2) is 54.6 Å². The van der Waals surface area contributed by atoms with Crippen molar-refractivity contribution in [2.75, 3.05) is 39.3 Å². The molecule has 2 aromatic carbocycles. The average molecular weight is 645 g/mol. The zero-order chi connectivity index (χ0) is 30.5. The summed E-state index contributed by atoms with van der Waals surface area (Å²) in [6.45, 7) is 13.7. The maximum absolute atomic E-state index is 9.98. The first-order valence-electron chi connectivity index (χ1n) is 13.7. The molecule has 222 valence electrons. The van der Waals surface area contributed by atoms with Crippen molar-refractivity contribution < 1.29 is 55.9 Å². The first-order chi connectivity index (χ1) is 19.1. The molecule has 1 atom stereocenters. The molecule has 3 amide bonds. The molecule has 1 unspecified atom stereocenters. The van der Waals surface area contributed by atoms with Crippen molar-refractivity contribution in [3.05, 3.63) is 77.4 Å². The van der Waals surface area contributed by atoms with Gasteiger partial charge in [0.15, 0.2) is 0 Å². The summed E-state index contributed by atoms with van der Waals surface area (Å²) in [6, 6.07) is 19.2. The van der Waals surface area contributed by atoms with E-state index < -0.39 is 18.3 Å². The Kier molecular flexibility index (Phi) is 23.0. The molecule has 2 aromatic rings. The van der Waals surface area contributed by atoms with Crippen molar-refractivity contribution in [3.8, 4) is 0 Å². The van der Waals surface area contributed by atoms with Crippen molar-refractivity contribution in [3.63, 3.8) is 0 Å². The molecular weight excluding hydrogens is 602 g/mol. The van der Waals surface area contributed by atoms with E-state index in [0.29, 0.717) is 45.2 Å². The van der Waals surface area contributed by atoms with Gasteiger partial charge >= 0.3 is 26.2 Å². The Morgan fingerprint density at radius 3 is 1.34 bits per heavy atom. The summed E-state index contributed by atoms with van der Waals surface area (Å²) in [5, 5.41) is 29.9. The third-order valence-electron chi connectivity index (χ3n) is 6.16. The summed E-state index contributed by atoms with van der Waals surface area (Å²) in [4.78, 5) is 33.6. The Balaban J connectivity index is 0. The molecule has 0 N–H and O–H groups in total. The molecule has 1 aliphatic carbocycles. The summed E-state index contributed by atoms with van der Waals surface area (Å²) >= 11 is 0. The number of nitrogens with zero attached hydrogens (tertiary/aromatic N) is 3. The molecule has 1 aliphatic rings. The number of hydrogen-bond donors (Lipinski definition) is 0. The maximum atomic E-state index is 9.98. The zero-order valence-corrected chi connectivity index (χ0v) is 27.5. The minimum absolute atomic E-state index is 0. The van der Waals surface area contributed by atoms with Gasteiger partial charge < -0.3 is 44.4 Å². The fraction of sp³-hybridized carbons (Fsp3) is 0.452. The number of allylic oxidation sites excluding steroid dienone is 1. The van der Waals surface area contributed by atoms with E-state index >= 15 is 0 Å². The molecule has 0 saturated carbocycles. The number of benzene rings is 2. The smallest absolute Gasteiger partial charge is 0.530 e. The number of rotatable bonds is 8. The molecule has 0 aliphatic heterocycles. The number of carbonyl (C=O) groups is 3. The second-order valence-corrected chi connectivity index (χ2v) is 8.50. The van der Waals surface area contributed by atoms with Gasteiger partial charge in [-0.25, -0.2) is 6.08 Å². The van der Waals surface area contributed by atoms with E-state index in [1.165, 1.54) is 31.4 Å². The molecule has 0 spiro atoms. The Labute approximate surface area is 264 Å². The maximum Gasteiger partial charge on any atom is 4.00 e. The molecule has 0 aromatic heterocycles. The van der Waals surface area contributed by atoms with Gasteiger partial charge in [0.1, 0.15) is 18.3 Å². The number of fused-ring (bicyclic) bond motifs is 1. The first-order valence-corrected chi connectivity index (χ1v) is 13.7. The molecule has 0 radical (unpaired) electrons. The summed E-state index contributed by atoms with van der Waals surface area (Å²) in [5.74, 6) is 0.429. The van der Waals surface area contributed by atoms with Crippen molar-refractivity contribution in [2.24, 2.45) is 0 Å². The van der Waals surface area contributed by atoms with Crippen molar-refractivity contribution >= 4 is 24.4 Å². The predicted molar refractivity (Wildman–Crippen MR) is 152 cm³/mol. The van der Waals surface area contributed by atoms with Crippen LogP contribution >= 0.6 is 0 Å². The van der Waals surface area contributed by atoms with Crippen LogP contribution in [0.4, 0.5) is 14.4 Å². The van der Waals surface area contributed by atoms with Gasteiger partial charge in [0.25, 0.3) is 0 Å². The van der Waals surface area contributed by atoms with Gasteiger partial charge in [-0.05, 0) is 53.5 Å². The predicted octanol–water partition coefficient (Wildman–Crippen LogP) is 2.85. The number of carbonyl (C=O) groups excluding carboxylic acids is 3. The molecule has 0 heterocycles. The van der Waals surface area contributed by atoms with E-state index in [2.05, 4.69) is 66.7 Å². The van der Waals surface area contributed by atoms with Crippen LogP contribution in [0.5, 0.6) is 0 Å². The fourth-order valence-electron chi connectivity index (χ4n) is 3.70. The SMILES string of the molecule is CCN(CC)C(=O)[O-].CCN(CC)C(=O)[O-].CCN(CC)C(=O)[O-].[C-]1=Cc2ccccc2C1Cc1ccccc1.[Zr+4]. The quantitative estimate of drug-likeness (QED) is 0.407. The average Bonchev–Trinajstić information content (AvgIpc) is 3.34. The third kappa shape index (κ3) is 16.0. The second-order valence-electron chi connectivity index (χ2n) is 8.50. The van der Waals surface area contributed by atoms with Gasteiger partial charge in [-0.2, -0.15) is 5.56 Å². The van der Waals surface area contributed by atoms with Gasteiger partial charge in [-0.15, -0.1) is 11.6 Å². The van der Waals surface area contributed by atoms with Crippen LogP contribution in [0, 0.1) is 6.08 Å². The van der Waals surface area contributed by atoms with Crippen LogP contribution < -0.4 is 15.3 Å². The van der Waals surface area contributed by atoms with Crippen LogP contribution in [-0.2, 0) is 32.6 Å². The van der Waals surface area contributed by atoms with Crippen LogP contribution in [0.3, 0.4) is 0 Å². The molecule has 3 rings (SSSR count). The monoisotopic (exact) mass is 643 g/mol. The van der Waals surface area contributed by atoms with E-state index in [4.69, 9.17) is 0 Å². The molecular formula is C31H43N3O6Zr. The van der Waals surface area contributed by atoms with Crippen LogP contribution in [0.1, 0.15) is 64.2 Å². The summed E-state index contributed by atoms with van der Waals surface area (Å²) in [6.07, 6.45) is 3.35. The van der Waals surface area contributed by atoms with Gasteiger partial charge in [-0.1, -0.05) is 54.4 Å². The van der Waals surface area contributed by atoms with Gasteiger partial charge in [0, 0.05) is 39.3 Å². The molecule has 41 heavy (non-hydrogen) atoms. The molecule has 10 heteroatoms. The van der Waals surface area contributed by atoms with Crippen LogP contribution in [0.25, 0.3) is 6.08 Å². The third-order valence-corrected chi connectivity index (χ3v) is 6.16. The Bertz CT molecular complexity index is 971. The van der Waals surface area contributed by atoms with E-state index in [9.17, 15) is 29.7 Å². The zero-order valence-electron chi connectivity index (χ0n) is 25.1. The van der Waals surface area contributed by atoms with Gasteiger partial charge in [0.2, 0.25) is 0 Å². The van der Waals surface area contributed by atoms with E-state index in [-0.39, 0.29) is 26.2 Å². The van der Waals surface area contributed by atoms with Crippen molar-refractivity contribution in [2.45, 2.75) is 53.9 Å². The first kappa shape index (κ1) is 40.0. The topological polar surface area (TPSA) is 130 Å². The second kappa shape index (κ2) is 23.6. The number of amides is 3. The summed E-state index contributed by atoms with van der Waals surface area (Å²) in [7, 11) is 0. The number of hydrogen-bond acceptors (Lipinski definition) is 6. The van der Waals surface area contributed by atoms with E-state index in [0.717, 1.165) is 6.42 Å². The van der Waals surface area contributed by atoms with Crippen LogP contribution in [-0.4, -0.2) is 72.2 Å². The fourth-order valence-corrected chi connectivity index (χ4v) is 3.70. The minimum Gasteiger partial charge on any atom is -0.530 e. The minimum atomic E-state index is -1.09. The van der Waals surface area contributed by atoms with Gasteiger partial charge in [0.05, 0.1) is 0 Å². The standard InChI is InChI=1S/C16H13.3C5H11NO2.Zr/c1-2-6-13(7-3-1)12-15-11-10-14-8-4-5-9-16(14)15;3*1-3-6(4-2)5(7)8;/h1-10,15H,12H2;3*3-4H2,1-2H3,(H,7,8);/q-1;;;;+4/p-3. The summed E-state index contributed by atoms with van der Waals surface area (Å²) in [5.41, 5.74) is 4.11. The Hall–Kier alpha value is -3.13. The Morgan fingerprint density at radius 1 is 0.634 bits per heavy atom. The van der Waals surface area contributed by atoms with Crippen LogP contribution in [0.2, 0.25) is 0 Å². The number of carboxylic acid groups (broad SMARTS) is 3. The Morgan fingerprint density at radius 2 is 1.00 bits per heavy atom.